The molecule has 1 aromatic heterocycles. The molecule has 1 heterocycles. The molecule has 0 saturated heterocycles. The minimum atomic E-state index is 0.436. The largest absolute Gasteiger partial charge is 0.380 e. The molecule has 0 aliphatic heterocycles. The van der Waals surface area contributed by atoms with Gasteiger partial charge in [0.05, 0.1) is 6.61 Å². The molecule has 1 N–H and O–H groups in total. The van der Waals surface area contributed by atoms with Gasteiger partial charge in [0.25, 0.3) is 0 Å². The van der Waals surface area contributed by atoms with E-state index in [9.17, 15) is 0 Å². The highest BCUT2D eigenvalue weighted by molar-refractivity contribution is 7.10. The molecule has 0 aromatic carbocycles. The quantitative estimate of drug-likeness (QED) is 0.598. The molecule has 1 aromatic rings. The zero-order valence-corrected chi connectivity index (χ0v) is 13.5. The van der Waals surface area contributed by atoms with Crippen LogP contribution in [-0.4, -0.2) is 19.8 Å². The molecule has 110 valence electrons. The van der Waals surface area contributed by atoms with Crippen LogP contribution in [0.4, 0.5) is 0 Å². The summed E-state index contributed by atoms with van der Waals surface area (Å²) < 4.78 is 5.79. The molecule has 2 unspecified atom stereocenters. The first kappa shape index (κ1) is 16.7. The van der Waals surface area contributed by atoms with Crippen LogP contribution in [0.2, 0.25) is 0 Å². The maximum atomic E-state index is 5.79. The van der Waals surface area contributed by atoms with Crippen molar-refractivity contribution in [3.8, 4) is 0 Å². The standard InChI is InChI=1S/C16H29NOS/c1-4-6-8-15(5-2)13-18-11-10-17-14(3)16-9-7-12-19-16/h7,9,12,14-15,17H,4-6,8,10-11,13H2,1-3H3. The molecule has 1 rings (SSSR count). The summed E-state index contributed by atoms with van der Waals surface area (Å²) in [6.45, 7) is 9.40. The monoisotopic (exact) mass is 283 g/mol. The molecule has 0 fully saturated rings. The van der Waals surface area contributed by atoms with E-state index in [0.717, 1.165) is 25.7 Å². The smallest absolute Gasteiger partial charge is 0.0591 e. The molecular weight excluding hydrogens is 254 g/mol. The average Bonchev–Trinajstić information content (AvgIpc) is 2.95. The van der Waals surface area contributed by atoms with E-state index in [0.29, 0.717) is 6.04 Å². The Labute approximate surface area is 122 Å². The Balaban J connectivity index is 2.04. The first-order valence-electron chi connectivity index (χ1n) is 7.62. The predicted molar refractivity (Wildman–Crippen MR) is 84.9 cm³/mol. The van der Waals surface area contributed by atoms with Gasteiger partial charge in [0.15, 0.2) is 0 Å². The lowest BCUT2D eigenvalue weighted by atomic mass is 10.0. The fraction of sp³-hybridized carbons (Fsp3) is 0.750. The molecule has 0 bridgehead atoms. The summed E-state index contributed by atoms with van der Waals surface area (Å²) in [4.78, 5) is 1.40. The topological polar surface area (TPSA) is 21.3 Å². The number of hydrogen-bond acceptors (Lipinski definition) is 3. The lowest BCUT2D eigenvalue weighted by Crippen LogP contribution is -2.23. The molecule has 0 amide bonds. The fourth-order valence-corrected chi connectivity index (χ4v) is 2.89. The Kier molecular flexibility index (Phi) is 9.14. The first-order chi connectivity index (χ1) is 9.27. The third-order valence-corrected chi connectivity index (χ3v) is 4.62. The average molecular weight is 283 g/mol. The van der Waals surface area contributed by atoms with Crippen molar-refractivity contribution < 1.29 is 4.74 Å². The summed E-state index contributed by atoms with van der Waals surface area (Å²) in [5.41, 5.74) is 0. The lowest BCUT2D eigenvalue weighted by Gasteiger charge is -2.16. The van der Waals surface area contributed by atoms with Crippen LogP contribution >= 0.6 is 11.3 Å². The SMILES string of the molecule is CCCCC(CC)COCCNC(C)c1cccs1. The Morgan fingerprint density at radius 2 is 2.21 bits per heavy atom. The van der Waals surface area contributed by atoms with Gasteiger partial charge < -0.3 is 10.1 Å². The zero-order valence-electron chi connectivity index (χ0n) is 12.7. The Hall–Kier alpha value is -0.380. The molecule has 0 saturated carbocycles. The highest BCUT2D eigenvalue weighted by atomic mass is 32.1. The summed E-state index contributed by atoms with van der Waals surface area (Å²) in [6, 6.07) is 4.72. The molecule has 2 atom stereocenters. The molecular formula is C16H29NOS. The number of unbranched alkanes of at least 4 members (excludes halogenated alkanes) is 1. The molecule has 0 spiro atoms. The highest BCUT2D eigenvalue weighted by Crippen LogP contribution is 2.17. The van der Waals surface area contributed by atoms with Crippen molar-refractivity contribution in [3.05, 3.63) is 22.4 Å². The van der Waals surface area contributed by atoms with Crippen molar-refractivity contribution in [3.63, 3.8) is 0 Å². The third-order valence-electron chi connectivity index (χ3n) is 3.56. The van der Waals surface area contributed by atoms with E-state index in [1.165, 1.54) is 30.6 Å². The van der Waals surface area contributed by atoms with Gasteiger partial charge in [-0.2, -0.15) is 0 Å². The number of rotatable bonds is 11. The van der Waals surface area contributed by atoms with E-state index < -0.39 is 0 Å². The van der Waals surface area contributed by atoms with Crippen molar-refractivity contribution in [1.29, 1.82) is 0 Å². The second kappa shape index (κ2) is 10.4. The van der Waals surface area contributed by atoms with Crippen LogP contribution in [-0.2, 0) is 4.74 Å². The Morgan fingerprint density at radius 3 is 2.84 bits per heavy atom. The van der Waals surface area contributed by atoms with Gasteiger partial charge in [-0.1, -0.05) is 39.2 Å². The third kappa shape index (κ3) is 7.09. The van der Waals surface area contributed by atoms with Gasteiger partial charge >= 0.3 is 0 Å². The Morgan fingerprint density at radius 1 is 1.37 bits per heavy atom. The van der Waals surface area contributed by atoms with Crippen LogP contribution < -0.4 is 5.32 Å². The van der Waals surface area contributed by atoms with Crippen molar-refractivity contribution in [2.45, 2.75) is 52.5 Å². The van der Waals surface area contributed by atoms with Crippen molar-refractivity contribution in [2.75, 3.05) is 19.8 Å². The lowest BCUT2D eigenvalue weighted by molar-refractivity contribution is 0.0945. The van der Waals surface area contributed by atoms with Crippen molar-refractivity contribution >= 4 is 11.3 Å². The van der Waals surface area contributed by atoms with Gasteiger partial charge in [-0.25, -0.2) is 0 Å². The van der Waals surface area contributed by atoms with Gasteiger partial charge in [0.1, 0.15) is 0 Å². The van der Waals surface area contributed by atoms with Crippen LogP contribution in [0, 0.1) is 5.92 Å². The van der Waals surface area contributed by atoms with Gasteiger partial charge in [-0.3, -0.25) is 0 Å². The number of ether oxygens (including phenoxy) is 1. The van der Waals surface area contributed by atoms with E-state index >= 15 is 0 Å². The van der Waals surface area contributed by atoms with Crippen LogP contribution in [0.3, 0.4) is 0 Å². The van der Waals surface area contributed by atoms with Crippen molar-refractivity contribution in [1.82, 2.24) is 5.32 Å². The van der Waals surface area contributed by atoms with Crippen LogP contribution in [0.1, 0.15) is 57.4 Å². The summed E-state index contributed by atoms with van der Waals surface area (Å²) >= 11 is 1.81. The van der Waals surface area contributed by atoms with Crippen LogP contribution in [0.15, 0.2) is 17.5 Å². The zero-order chi connectivity index (χ0) is 13.9. The van der Waals surface area contributed by atoms with Gasteiger partial charge in [0.2, 0.25) is 0 Å². The molecule has 19 heavy (non-hydrogen) atoms. The summed E-state index contributed by atoms with van der Waals surface area (Å²) in [6.07, 6.45) is 5.16. The van der Waals surface area contributed by atoms with Gasteiger partial charge in [0, 0.05) is 24.1 Å². The van der Waals surface area contributed by atoms with Gasteiger partial charge in [-0.05, 0) is 30.7 Å². The fourth-order valence-electron chi connectivity index (χ4n) is 2.13. The minimum Gasteiger partial charge on any atom is -0.380 e. The summed E-state index contributed by atoms with van der Waals surface area (Å²) in [5.74, 6) is 0.745. The number of thiophene rings is 1. The van der Waals surface area contributed by atoms with E-state index in [1.807, 2.05) is 11.3 Å². The second-order valence-corrected chi connectivity index (χ2v) is 6.16. The van der Waals surface area contributed by atoms with Crippen LogP contribution in [0.5, 0.6) is 0 Å². The van der Waals surface area contributed by atoms with Crippen LogP contribution in [0.25, 0.3) is 0 Å². The maximum Gasteiger partial charge on any atom is 0.0591 e. The summed E-state index contributed by atoms with van der Waals surface area (Å²) in [7, 11) is 0. The normalized spacial score (nSPS) is 14.5. The molecule has 0 radical (unpaired) electrons. The first-order valence-corrected chi connectivity index (χ1v) is 8.50. The van der Waals surface area contributed by atoms with E-state index in [4.69, 9.17) is 4.74 Å². The number of hydrogen-bond donors (Lipinski definition) is 1. The Bertz CT molecular complexity index is 300. The molecule has 0 aliphatic carbocycles. The minimum absolute atomic E-state index is 0.436. The molecule has 2 nitrogen and oxygen atoms in total. The predicted octanol–water partition coefficient (Wildman–Crippen LogP) is 4.63. The number of nitrogens with one attached hydrogen (secondary N) is 1. The molecule has 0 aliphatic rings. The highest BCUT2D eigenvalue weighted by Gasteiger charge is 2.07. The second-order valence-electron chi connectivity index (χ2n) is 5.18. The van der Waals surface area contributed by atoms with E-state index in [1.54, 1.807) is 0 Å². The van der Waals surface area contributed by atoms with Crippen molar-refractivity contribution in [2.24, 2.45) is 5.92 Å². The molecule has 3 heteroatoms. The van der Waals surface area contributed by atoms with Gasteiger partial charge in [-0.15, -0.1) is 11.3 Å². The van der Waals surface area contributed by atoms with E-state index in [-0.39, 0.29) is 0 Å². The van der Waals surface area contributed by atoms with E-state index in [2.05, 4.69) is 43.6 Å². The maximum absolute atomic E-state index is 5.79. The summed E-state index contributed by atoms with van der Waals surface area (Å²) in [5, 5.41) is 5.63.